The van der Waals surface area contributed by atoms with Gasteiger partial charge in [-0.1, -0.05) is 0 Å². The summed E-state index contributed by atoms with van der Waals surface area (Å²) < 4.78 is 0. The number of hydrogen-bond donors (Lipinski definition) is 1. The summed E-state index contributed by atoms with van der Waals surface area (Å²) in [7, 11) is 0. The van der Waals surface area contributed by atoms with E-state index >= 15 is 0 Å². The predicted molar refractivity (Wildman–Crippen MR) is 46.8 cm³/mol. The van der Waals surface area contributed by atoms with Gasteiger partial charge in [0, 0.05) is 6.04 Å². The van der Waals surface area contributed by atoms with Gasteiger partial charge in [0.1, 0.15) is 0 Å². The number of likely N-dealkylation sites (tertiary alicyclic amines) is 1. The van der Waals surface area contributed by atoms with Crippen LogP contribution in [-0.4, -0.2) is 36.5 Å². The quantitative estimate of drug-likeness (QED) is 0.660. The first kappa shape index (κ1) is 8.05. The Morgan fingerprint density at radius 2 is 2.08 bits per heavy atom. The molecular formula is C9H16N2O. The van der Waals surface area contributed by atoms with Crippen molar-refractivity contribution < 1.29 is 4.79 Å². The highest BCUT2D eigenvalue weighted by molar-refractivity contribution is 5.78. The minimum absolute atomic E-state index is 0.222. The molecule has 12 heavy (non-hydrogen) atoms. The summed E-state index contributed by atoms with van der Waals surface area (Å²) in [4.78, 5) is 13.5. The molecule has 1 amide bonds. The van der Waals surface area contributed by atoms with Gasteiger partial charge in [-0.15, -0.1) is 0 Å². The molecule has 1 aliphatic heterocycles. The lowest BCUT2D eigenvalue weighted by atomic mass is 9.93. The lowest BCUT2D eigenvalue weighted by Gasteiger charge is -2.32. The Hall–Kier alpha value is -0.570. The molecule has 0 aromatic heterocycles. The van der Waals surface area contributed by atoms with Crippen LogP contribution in [0.1, 0.15) is 25.7 Å². The summed E-state index contributed by atoms with van der Waals surface area (Å²) in [5.41, 5.74) is 0. The van der Waals surface area contributed by atoms with Crippen LogP contribution in [0.15, 0.2) is 0 Å². The summed E-state index contributed by atoms with van der Waals surface area (Å²) in [6.07, 6.45) is 4.92. The second kappa shape index (κ2) is 3.44. The zero-order valence-corrected chi connectivity index (χ0v) is 7.38. The number of nitrogens with one attached hydrogen (secondary N) is 1. The van der Waals surface area contributed by atoms with Crippen LogP contribution >= 0.6 is 0 Å². The van der Waals surface area contributed by atoms with Gasteiger partial charge >= 0.3 is 0 Å². The summed E-state index contributed by atoms with van der Waals surface area (Å²) in [6, 6.07) is 0.499. The van der Waals surface area contributed by atoms with Crippen LogP contribution in [0, 0.1) is 0 Å². The summed E-state index contributed by atoms with van der Waals surface area (Å²) in [5.74, 6) is 0.222. The average Bonchev–Trinajstić information content (AvgIpc) is 1.89. The molecule has 3 nitrogen and oxygen atoms in total. The Kier molecular flexibility index (Phi) is 2.30. The molecule has 1 N–H and O–H groups in total. The van der Waals surface area contributed by atoms with E-state index in [1.807, 2.05) is 0 Å². The maximum atomic E-state index is 11.3. The van der Waals surface area contributed by atoms with Gasteiger partial charge in [0.25, 0.3) is 0 Å². The van der Waals surface area contributed by atoms with Gasteiger partial charge in [-0.2, -0.15) is 0 Å². The molecule has 0 aromatic carbocycles. The zero-order valence-electron chi connectivity index (χ0n) is 7.38. The van der Waals surface area contributed by atoms with E-state index in [1.165, 1.54) is 25.7 Å². The van der Waals surface area contributed by atoms with E-state index in [1.54, 1.807) is 0 Å². The van der Waals surface area contributed by atoms with Crippen molar-refractivity contribution in [2.24, 2.45) is 0 Å². The van der Waals surface area contributed by atoms with Gasteiger partial charge in [-0.05, 0) is 38.8 Å². The van der Waals surface area contributed by atoms with Crippen LogP contribution in [0.25, 0.3) is 0 Å². The topological polar surface area (TPSA) is 32.3 Å². The SMILES string of the molecule is O=C(CN1CCC1)NC1CCC1. The van der Waals surface area contributed by atoms with Crippen molar-refractivity contribution in [3.05, 3.63) is 0 Å². The molecule has 0 unspecified atom stereocenters. The third-order valence-electron chi connectivity index (χ3n) is 2.79. The van der Waals surface area contributed by atoms with Crippen LogP contribution in [-0.2, 0) is 4.79 Å². The van der Waals surface area contributed by atoms with Crippen LogP contribution in [0.5, 0.6) is 0 Å². The Morgan fingerprint density at radius 3 is 2.50 bits per heavy atom. The molecule has 0 spiro atoms. The minimum Gasteiger partial charge on any atom is -0.352 e. The maximum Gasteiger partial charge on any atom is 0.234 e. The van der Waals surface area contributed by atoms with E-state index in [-0.39, 0.29) is 5.91 Å². The van der Waals surface area contributed by atoms with E-state index in [0.717, 1.165) is 13.1 Å². The average molecular weight is 168 g/mol. The van der Waals surface area contributed by atoms with E-state index < -0.39 is 0 Å². The van der Waals surface area contributed by atoms with Gasteiger partial charge in [0.2, 0.25) is 5.91 Å². The largest absolute Gasteiger partial charge is 0.352 e. The fraction of sp³-hybridized carbons (Fsp3) is 0.889. The molecule has 2 aliphatic rings. The molecule has 0 aromatic rings. The van der Waals surface area contributed by atoms with E-state index in [2.05, 4.69) is 10.2 Å². The third-order valence-corrected chi connectivity index (χ3v) is 2.79. The fourth-order valence-electron chi connectivity index (χ4n) is 1.57. The van der Waals surface area contributed by atoms with Crippen LogP contribution in [0.3, 0.4) is 0 Å². The van der Waals surface area contributed by atoms with Crippen LogP contribution in [0.4, 0.5) is 0 Å². The zero-order chi connectivity index (χ0) is 8.39. The highest BCUT2D eigenvalue weighted by atomic mass is 16.2. The van der Waals surface area contributed by atoms with E-state index in [4.69, 9.17) is 0 Å². The maximum absolute atomic E-state index is 11.3. The van der Waals surface area contributed by atoms with Crippen molar-refractivity contribution in [1.82, 2.24) is 10.2 Å². The highest BCUT2D eigenvalue weighted by Gasteiger charge is 2.22. The third kappa shape index (κ3) is 1.78. The minimum atomic E-state index is 0.222. The number of amides is 1. The molecule has 2 rings (SSSR count). The van der Waals surface area contributed by atoms with Crippen molar-refractivity contribution in [2.45, 2.75) is 31.7 Å². The first-order chi connectivity index (χ1) is 5.84. The normalized spacial score (nSPS) is 24.3. The second-order valence-electron chi connectivity index (χ2n) is 3.83. The first-order valence-electron chi connectivity index (χ1n) is 4.86. The molecule has 1 saturated heterocycles. The van der Waals surface area contributed by atoms with Gasteiger partial charge < -0.3 is 5.32 Å². The Morgan fingerprint density at radius 1 is 1.33 bits per heavy atom. The van der Waals surface area contributed by atoms with Gasteiger partial charge in [-0.25, -0.2) is 0 Å². The van der Waals surface area contributed by atoms with E-state index in [0.29, 0.717) is 12.6 Å². The lowest BCUT2D eigenvalue weighted by Crippen LogP contribution is -2.48. The van der Waals surface area contributed by atoms with Crippen molar-refractivity contribution in [3.63, 3.8) is 0 Å². The molecule has 0 bridgehead atoms. The summed E-state index contributed by atoms with van der Waals surface area (Å²) >= 11 is 0. The Balaban J connectivity index is 1.62. The number of carbonyl (C=O) groups is 1. The van der Waals surface area contributed by atoms with Crippen molar-refractivity contribution >= 4 is 5.91 Å². The first-order valence-corrected chi connectivity index (χ1v) is 4.86. The smallest absolute Gasteiger partial charge is 0.234 e. The van der Waals surface area contributed by atoms with Crippen LogP contribution in [0.2, 0.25) is 0 Å². The number of nitrogens with zero attached hydrogens (tertiary/aromatic N) is 1. The van der Waals surface area contributed by atoms with Gasteiger partial charge in [0.05, 0.1) is 6.54 Å². The van der Waals surface area contributed by atoms with Crippen molar-refractivity contribution in [3.8, 4) is 0 Å². The van der Waals surface area contributed by atoms with Crippen molar-refractivity contribution in [2.75, 3.05) is 19.6 Å². The van der Waals surface area contributed by atoms with Crippen LogP contribution < -0.4 is 5.32 Å². The summed E-state index contributed by atoms with van der Waals surface area (Å²) in [5, 5.41) is 3.03. The van der Waals surface area contributed by atoms with Gasteiger partial charge in [-0.3, -0.25) is 9.69 Å². The molecule has 0 atom stereocenters. The molecule has 1 aliphatic carbocycles. The molecule has 68 valence electrons. The predicted octanol–water partition coefficient (Wildman–Crippen LogP) is 0.361. The number of rotatable bonds is 3. The molecule has 1 saturated carbocycles. The molecule has 2 fully saturated rings. The summed E-state index contributed by atoms with van der Waals surface area (Å²) in [6.45, 7) is 2.84. The molecular weight excluding hydrogens is 152 g/mol. The van der Waals surface area contributed by atoms with Gasteiger partial charge in [0.15, 0.2) is 0 Å². The standard InChI is InChI=1S/C9H16N2O/c12-9(7-11-5-2-6-11)10-8-3-1-4-8/h8H,1-7H2,(H,10,12). The molecule has 1 heterocycles. The number of hydrogen-bond acceptors (Lipinski definition) is 2. The Labute approximate surface area is 73.1 Å². The fourth-order valence-corrected chi connectivity index (χ4v) is 1.57. The molecule has 3 heteroatoms. The van der Waals surface area contributed by atoms with Crippen molar-refractivity contribution in [1.29, 1.82) is 0 Å². The van der Waals surface area contributed by atoms with E-state index in [9.17, 15) is 4.79 Å². The monoisotopic (exact) mass is 168 g/mol. The second-order valence-corrected chi connectivity index (χ2v) is 3.83. The molecule has 0 radical (unpaired) electrons. The Bertz CT molecular complexity index is 155. The highest BCUT2D eigenvalue weighted by Crippen LogP contribution is 2.17. The lowest BCUT2D eigenvalue weighted by molar-refractivity contribution is -0.124. The number of carbonyl (C=O) groups excluding carboxylic acids is 1.